The number of carbonyl (C=O) groups is 1. The fraction of sp³-hybridized carbons (Fsp3) is 0.500. The van der Waals surface area contributed by atoms with Crippen LogP contribution in [-0.4, -0.2) is 19.1 Å². The van der Waals surface area contributed by atoms with E-state index in [1.807, 2.05) is 6.07 Å². The predicted octanol–water partition coefficient (Wildman–Crippen LogP) is 0.811. The average Bonchev–Trinajstić information content (AvgIpc) is 2.84. The van der Waals surface area contributed by atoms with Gasteiger partial charge in [0.05, 0.1) is 19.6 Å². The Morgan fingerprint density at radius 2 is 2.43 bits per heavy atom. The normalized spacial score (nSPS) is 20.1. The number of esters is 1. The fourth-order valence-electron chi connectivity index (χ4n) is 1.81. The molecule has 1 aromatic rings. The lowest BCUT2D eigenvalue weighted by Crippen LogP contribution is -2.42. The fourth-order valence-corrected chi connectivity index (χ4v) is 1.81. The highest BCUT2D eigenvalue weighted by molar-refractivity contribution is 5.78. The quantitative estimate of drug-likeness (QED) is 0.725. The van der Waals surface area contributed by atoms with Gasteiger partial charge in [-0.15, -0.1) is 0 Å². The molecular formula is C10H13NO3. The van der Waals surface area contributed by atoms with Crippen molar-refractivity contribution in [2.24, 2.45) is 5.73 Å². The van der Waals surface area contributed by atoms with Crippen LogP contribution < -0.4 is 5.73 Å². The largest absolute Gasteiger partial charge is 0.472 e. The molecule has 0 radical (unpaired) electrons. The number of hydrogen-bond donors (Lipinski definition) is 1. The first-order valence-corrected chi connectivity index (χ1v) is 4.57. The predicted molar refractivity (Wildman–Crippen MR) is 49.6 cm³/mol. The van der Waals surface area contributed by atoms with Crippen LogP contribution >= 0.6 is 0 Å². The van der Waals surface area contributed by atoms with Gasteiger partial charge in [-0.05, 0) is 24.5 Å². The number of nitrogens with two attached hydrogens (primary N) is 1. The van der Waals surface area contributed by atoms with E-state index >= 15 is 0 Å². The third kappa shape index (κ3) is 1.23. The van der Waals surface area contributed by atoms with Gasteiger partial charge in [0.15, 0.2) is 0 Å². The van der Waals surface area contributed by atoms with Crippen molar-refractivity contribution in [3.63, 3.8) is 0 Å². The van der Waals surface area contributed by atoms with Gasteiger partial charge in [0.25, 0.3) is 0 Å². The molecule has 0 spiro atoms. The first kappa shape index (κ1) is 9.27. The lowest BCUT2D eigenvalue weighted by molar-refractivity contribution is -0.143. The maximum absolute atomic E-state index is 11.3. The summed E-state index contributed by atoms with van der Waals surface area (Å²) in [5, 5.41) is 0. The Morgan fingerprint density at radius 1 is 1.71 bits per heavy atom. The molecular weight excluding hydrogens is 182 g/mol. The van der Waals surface area contributed by atoms with Crippen LogP contribution in [0.2, 0.25) is 0 Å². The van der Waals surface area contributed by atoms with Crippen LogP contribution in [0.25, 0.3) is 0 Å². The summed E-state index contributed by atoms with van der Waals surface area (Å²) in [5.41, 5.74) is 6.60. The third-order valence-corrected chi connectivity index (χ3v) is 2.94. The Hall–Kier alpha value is -1.29. The van der Waals surface area contributed by atoms with E-state index in [1.165, 1.54) is 7.11 Å². The van der Waals surface area contributed by atoms with Crippen molar-refractivity contribution in [2.75, 3.05) is 7.11 Å². The number of furan rings is 1. The molecule has 0 aromatic carbocycles. The van der Waals surface area contributed by atoms with Crippen molar-refractivity contribution in [2.45, 2.75) is 24.3 Å². The van der Waals surface area contributed by atoms with E-state index in [1.54, 1.807) is 12.5 Å². The number of hydrogen-bond acceptors (Lipinski definition) is 4. The van der Waals surface area contributed by atoms with Crippen molar-refractivity contribution in [1.82, 2.24) is 0 Å². The molecule has 4 heteroatoms. The highest BCUT2D eigenvalue weighted by atomic mass is 16.5. The van der Waals surface area contributed by atoms with E-state index in [9.17, 15) is 4.79 Å². The Balaban J connectivity index is 2.21. The molecule has 1 atom stereocenters. The van der Waals surface area contributed by atoms with Gasteiger partial charge in [0, 0.05) is 5.41 Å². The van der Waals surface area contributed by atoms with E-state index in [4.69, 9.17) is 10.2 Å². The molecule has 1 saturated carbocycles. The lowest BCUT2D eigenvalue weighted by Gasteiger charge is -2.19. The molecule has 1 aliphatic rings. The molecule has 2 rings (SSSR count). The number of rotatable bonds is 3. The second kappa shape index (κ2) is 3.13. The zero-order valence-corrected chi connectivity index (χ0v) is 8.03. The molecule has 0 aliphatic heterocycles. The molecule has 1 aromatic heterocycles. The topological polar surface area (TPSA) is 65.5 Å². The summed E-state index contributed by atoms with van der Waals surface area (Å²) in [5.74, 6) is -0.358. The first-order chi connectivity index (χ1) is 6.70. The molecule has 76 valence electrons. The molecule has 1 aliphatic carbocycles. The Bertz CT molecular complexity index is 327. The van der Waals surface area contributed by atoms with Crippen LogP contribution in [0.15, 0.2) is 23.0 Å². The molecule has 14 heavy (non-hydrogen) atoms. The van der Waals surface area contributed by atoms with Crippen molar-refractivity contribution < 1.29 is 13.9 Å². The van der Waals surface area contributed by atoms with E-state index in [0.29, 0.717) is 0 Å². The Morgan fingerprint density at radius 3 is 2.86 bits per heavy atom. The zero-order valence-electron chi connectivity index (χ0n) is 8.03. The molecule has 2 N–H and O–H groups in total. The minimum Gasteiger partial charge on any atom is -0.472 e. The number of ether oxygens (including phenoxy) is 1. The minimum atomic E-state index is -0.579. The smallest absolute Gasteiger partial charge is 0.323 e. The van der Waals surface area contributed by atoms with Gasteiger partial charge in [0.2, 0.25) is 0 Å². The van der Waals surface area contributed by atoms with Crippen molar-refractivity contribution in [1.29, 1.82) is 0 Å². The summed E-state index contributed by atoms with van der Waals surface area (Å²) in [6.45, 7) is 0. The second-order valence-electron chi connectivity index (χ2n) is 3.67. The van der Waals surface area contributed by atoms with Crippen LogP contribution in [0.3, 0.4) is 0 Å². The van der Waals surface area contributed by atoms with Crippen molar-refractivity contribution in [3.8, 4) is 0 Å². The second-order valence-corrected chi connectivity index (χ2v) is 3.67. The van der Waals surface area contributed by atoms with E-state index in [0.717, 1.165) is 18.4 Å². The summed E-state index contributed by atoms with van der Waals surface area (Å²) in [6, 6.07) is 1.28. The molecule has 1 fully saturated rings. The minimum absolute atomic E-state index is 0.236. The van der Waals surface area contributed by atoms with Crippen LogP contribution in [0, 0.1) is 0 Å². The van der Waals surface area contributed by atoms with E-state index < -0.39 is 6.04 Å². The van der Waals surface area contributed by atoms with Gasteiger partial charge in [-0.2, -0.15) is 0 Å². The first-order valence-electron chi connectivity index (χ1n) is 4.57. The van der Waals surface area contributed by atoms with Crippen LogP contribution in [-0.2, 0) is 14.9 Å². The van der Waals surface area contributed by atoms with Gasteiger partial charge in [-0.25, -0.2) is 0 Å². The molecule has 1 unspecified atom stereocenters. The van der Waals surface area contributed by atoms with Crippen LogP contribution in [0.1, 0.15) is 18.4 Å². The molecule has 0 amide bonds. The van der Waals surface area contributed by atoms with E-state index in [-0.39, 0.29) is 11.4 Å². The number of methoxy groups -OCH3 is 1. The van der Waals surface area contributed by atoms with Crippen molar-refractivity contribution in [3.05, 3.63) is 24.2 Å². The summed E-state index contributed by atoms with van der Waals surface area (Å²) in [6.07, 6.45) is 5.08. The maximum atomic E-state index is 11.3. The van der Waals surface area contributed by atoms with E-state index in [2.05, 4.69) is 4.74 Å². The Kier molecular flexibility index (Phi) is 2.07. The highest BCUT2D eigenvalue weighted by Gasteiger charge is 2.53. The summed E-state index contributed by atoms with van der Waals surface area (Å²) >= 11 is 0. The number of carbonyl (C=O) groups excluding carboxylic acids is 1. The third-order valence-electron chi connectivity index (χ3n) is 2.94. The molecule has 0 bridgehead atoms. The highest BCUT2D eigenvalue weighted by Crippen LogP contribution is 2.50. The summed E-state index contributed by atoms with van der Waals surface area (Å²) in [7, 11) is 1.35. The van der Waals surface area contributed by atoms with Gasteiger partial charge < -0.3 is 14.9 Å². The molecule has 4 nitrogen and oxygen atoms in total. The van der Waals surface area contributed by atoms with Crippen LogP contribution in [0.4, 0.5) is 0 Å². The monoisotopic (exact) mass is 195 g/mol. The average molecular weight is 195 g/mol. The maximum Gasteiger partial charge on any atom is 0.323 e. The summed E-state index contributed by atoms with van der Waals surface area (Å²) < 4.78 is 9.64. The molecule has 0 saturated heterocycles. The van der Waals surface area contributed by atoms with Gasteiger partial charge >= 0.3 is 5.97 Å². The SMILES string of the molecule is COC(=O)C(N)C1(c2ccoc2)CC1. The van der Waals surface area contributed by atoms with Gasteiger partial charge in [-0.3, -0.25) is 4.79 Å². The lowest BCUT2D eigenvalue weighted by atomic mass is 9.90. The zero-order chi connectivity index (χ0) is 10.2. The molecule has 1 heterocycles. The van der Waals surface area contributed by atoms with Gasteiger partial charge in [-0.1, -0.05) is 0 Å². The Labute approximate surface area is 82.0 Å². The standard InChI is InChI=1S/C10H13NO3/c1-13-9(12)8(11)10(3-4-10)7-2-5-14-6-7/h2,5-6,8H,3-4,11H2,1H3. The van der Waals surface area contributed by atoms with Crippen LogP contribution in [0.5, 0.6) is 0 Å². The van der Waals surface area contributed by atoms with Gasteiger partial charge in [0.1, 0.15) is 6.04 Å². The summed E-state index contributed by atoms with van der Waals surface area (Å²) in [4.78, 5) is 11.3. The van der Waals surface area contributed by atoms with Crippen molar-refractivity contribution >= 4 is 5.97 Å².